The molecule has 3 amide bonds. The number of hydrogen-bond acceptors (Lipinski definition) is 4. The van der Waals surface area contributed by atoms with E-state index >= 15 is 0 Å². The second kappa shape index (κ2) is 9.75. The monoisotopic (exact) mass is 372 g/mol. The van der Waals surface area contributed by atoms with Crippen molar-refractivity contribution in [2.45, 2.75) is 40.5 Å². The molecule has 0 unspecified atom stereocenters. The predicted molar refractivity (Wildman–Crippen MR) is 106 cm³/mol. The summed E-state index contributed by atoms with van der Waals surface area (Å²) in [6.45, 7) is 8.38. The molecule has 0 fully saturated rings. The number of aromatic nitrogens is 1. The van der Waals surface area contributed by atoms with Crippen LogP contribution >= 0.6 is 0 Å². The molecule has 146 valence electrons. The minimum Gasteiger partial charge on any atom is -0.360 e. The minimum absolute atomic E-state index is 0.0568. The number of carbonyl (C=O) groups is 2. The lowest BCUT2D eigenvalue weighted by Crippen LogP contribution is -2.41. The summed E-state index contributed by atoms with van der Waals surface area (Å²) >= 11 is 0. The predicted octanol–water partition coefficient (Wildman–Crippen LogP) is 4.06. The number of rotatable bonds is 8. The van der Waals surface area contributed by atoms with Crippen LogP contribution in [0.1, 0.15) is 38.5 Å². The molecule has 0 aliphatic heterocycles. The van der Waals surface area contributed by atoms with Gasteiger partial charge in [0, 0.05) is 18.3 Å². The van der Waals surface area contributed by atoms with E-state index in [4.69, 9.17) is 4.52 Å². The van der Waals surface area contributed by atoms with Gasteiger partial charge in [0.25, 0.3) is 0 Å². The fraction of sp³-hybridized carbons (Fsp3) is 0.450. The third-order valence-corrected chi connectivity index (χ3v) is 4.13. The number of anilines is 2. The molecule has 7 heteroatoms. The average Bonchev–Trinajstić information content (AvgIpc) is 3.03. The summed E-state index contributed by atoms with van der Waals surface area (Å²) in [7, 11) is 0. The van der Waals surface area contributed by atoms with Crippen LogP contribution in [0.15, 0.2) is 34.9 Å². The van der Waals surface area contributed by atoms with Crippen molar-refractivity contribution in [1.29, 1.82) is 0 Å². The van der Waals surface area contributed by atoms with Crippen molar-refractivity contribution in [3.05, 3.63) is 41.7 Å². The van der Waals surface area contributed by atoms with Gasteiger partial charge in [-0.25, -0.2) is 4.79 Å². The highest BCUT2D eigenvalue weighted by molar-refractivity contribution is 5.96. The van der Waals surface area contributed by atoms with Gasteiger partial charge >= 0.3 is 6.03 Å². The van der Waals surface area contributed by atoms with Crippen molar-refractivity contribution in [2.24, 2.45) is 5.92 Å². The maximum Gasteiger partial charge on any atom is 0.322 e. The summed E-state index contributed by atoms with van der Waals surface area (Å²) in [6.07, 6.45) is 1.62. The number of urea groups is 1. The van der Waals surface area contributed by atoms with Crippen LogP contribution in [0.5, 0.6) is 0 Å². The Balaban J connectivity index is 2.05. The van der Waals surface area contributed by atoms with Gasteiger partial charge in [-0.3, -0.25) is 4.79 Å². The highest BCUT2D eigenvalue weighted by atomic mass is 16.5. The van der Waals surface area contributed by atoms with Gasteiger partial charge in [0.1, 0.15) is 12.3 Å². The fourth-order valence-electron chi connectivity index (χ4n) is 2.59. The first-order valence-electron chi connectivity index (χ1n) is 9.26. The second-order valence-electron chi connectivity index (χ2n) is 6.92. The summed E-state index contributed by atoms with van der Waals surface area (Å²) in [5.41, 5.74) is 1.82. The van der Waals surface area contributed by atoms with Gasteiger partial charge < -0.3 is 20.1 Å². The van der Waals surface area contributed by atoms with E-state index in [1.54, 1.807) is 13.0 Å². The van der Waals surface area contributed by atoms with Crippen LogP contribution in [0.4, 0.5) is 16.3 Å². The van der Waals surface area contributed by atoms with Crippen LogP contribution in [0, 0.1) is 12.8 Å². The number of nitrogens with zero attached hydrogens (tertiary/aromatic N) is 2. The normalized spacial score (nSPS) is 10.7. The Morgan fingerprint density at radius 3 is 2.59 bits per heavy atom. The zero-order valence-electron chi connectivity index (χ0n) is 16.4. The zero-order valence-corrected chi connectivity index (χ0v) is 16.4. The van der Waals surface area contributed by atoms with Crippen molar-refractivity contribution in [3.8, 4) is 0 Å². The standard InChI is InChI=1S/C20H28N4O3/c1-5-16-8-6-7-9-17(16)21-20(26)24(11-10-14(2)3)13-19(25)22-18-12-15(4)27-23-18/h6-9,12,14H,5,10-11,13H2,1-4H3,(H,21,26)(H,22,23,25). The Morgan fingerprint density at radius 2 is 1.96 bits per heavy atom. The Hall–Kier alpha value is -2.83. The van der Waals surface area contributed by atoms with E-state index in [1.807, 2.05) is 31.2 Å². The molecule has 0 saturated carbocycles. The van der Waals surface area contributed by atoms with Crippen molar-refractivity contribution in [3.63, 3.8) is 0 Å². The smallest absolute Gasteiger partial charge is 0.322 e. The van der Waals surface area contributed by atoms with Gasteiger partial charge in [0.05, 0.1) is 0 Å². The molecule has 1 aromatic carbocycles. The molecule has 0 saturated heterocycles. The summed E-state index contributed by atoms with van der Waals surface area (Å²) < 4.78 is 4.94. The molecule has 2 N–H and O–H groups in total. The van der Waals surface area contributed by atoms with Crippen LogP contribution in [-0.4, -0.2) is 35.1 Å². The first-order valence-corrected chi connectivity index (χ1v) is 9.26. The number of benzene rings is 1. The van der Waals surface area contributed by atoms with Crippen LogP contribution in [0.2, 0.25) is 0 Å². The third-order valence-electron chi connectivity index (χ3n) is 4.13. The van der Waals surface area contributed by atoms with Crippen LogP contribution < -0.4 is 10.6 Å². The van der Waals surface area contributed by atoms with Gasteiger partial charge in [-0.05, 0) is 37.3 Å². The van der Waals surface area contributed by atoms with Gasteiger partial charge in [-0.2, -0.15) is 0 Å². The highest BCUT2D eigenvalue weighted by Crippen LogP contribution is 2.16. The second-order valence-corrected chi connectivity index (χ2v) is 6.92. The molecule has 27 heavy (non-hydrogen) atoms. The number of amides is 3. The lowest BCUT2D eigenvalue weighted by molar-refractivity contribution is -0.116. The maximum atomic E-state index is 12.8. The number of para-hydroxylation sites is 1. The van der Waals surface area contributed by atoms with Crippen LogP contribution in [-0.2, 0) is 11.2 Å². The van der Waals surface area contributed by atoms with E-state index in [-0.39, 0.29) is 18.5 Å². The number of aryl methyl sites for hydroxylation is 2. The molecule has 0 atom stereocenters. The van der Waals surface area contributed by atoms with Crippen LogP contribution in [0.3, 0.4) is 0 Å². The summed E-state index contributed by atoms with van der Waals surface area (Å²) in [6, 6.07) is 9.02. The molecule has 0 radical (unpaired) electrons. The number of hydrogen-bond donors (Lipinski definition) is 2. The van der Waals surface area contributed by atoms with E-state index in [9.17, 15) is 9.59 Å². The molecule has 2 rings (SSSR count). The maximum absolute atomic E-state index is 12.8. The first kappa shape index (κ1) is 20.5. The quantitative estimate of drug-likeness (QED) is 0.731. The molecule has 0 aliphatic rings. The fourth-order valence-corrected chi connectivity index (χ4v) is 2.59. The Labute approximate surface area is 160 Å². The third kappa shape index (κ3) is 6.44. The average molecular weight is 372 g/mol. The Morgan fingerprint density at radius 1 is 1.22 bits per heavy atom. The molecular weight excluding hydrogens is 344 g/mol. The molecule has 0 bridgehead atoms. The first-order chi connectivity index (χ1) is 12.9. The van der Waals surface area contributed by atoms with Crippen molar-refractivity contribution in [1.82, 2.24) is 10.1 Å². The molecule has 7 nitrogen and oxygen atoms in total. The van der Waals surface area contributed by atoms with E-state index in [0.717, 1.165) is 24.1 Å². The largest absolute Gasteiger partial charge is 0.360 e. The van der Waals surface area contributed by atoms with E-state index < -0.39 is 0 Å². The topological polar surface area (TPSA) is 87.5 Å². The Kier molecular flexibility index (Phi) is 7.40. The summed E-state index contributed by atoms with van der Waals surface area (Å²) in [5.74, 6) is 1.06. The SMILES string of the molecule is CCc1ccccc1NC(=O)N(CCC(C)C)CC(=O)Nc1cc(C)on1. The molecule has 1 aromatic heterocycles. The van der Waals surface area contributed by atoms with Gasteiger partial charge in [0.15, 0.2) is 5.82 Å². The Bertz CT molecular complexity index is 770. The van der Waals surface area contributed by atoms with E-state index in [2.05, 4.69) is 29.6 Å². The lowest BCUT2D eigenvalue weighted by Gasteiger charge is -2.24. The summed E-state index contributed by atoms with van der Waals surface area (Å²) in [4.78, 5) is 26.7. The van der Waals surface area contributed by atoms with Crippen molar-refractivity contribution in [2.75, 3.05) is 23.7 Å². The van der Waals surface area contributed by atoms with Gasteiger partial charge in [-0.15, -0.1) is 0 Å². The molecule has 0 spiro atoms. The van der Waals surface area contributed by atoms with Gasteiger partial charge in [0.2, 0.25) is 5.91 Å². The molecular formula is C20H28N4O3. The lowest BCUT2D eigenvalue weighted by atomic mass is 10.1. The van der Waals surface area contributed by atoms with Gasteiger partial charge in [-0.1, -0.05) is 44.1 Å². The number of carbonyl (C=O) groups excluding carboxylic acids is 2. The minimum atomic E-state index is -0.314. The van der Waals surface area contributed by atoms with Crippen LogP contribution in [0.25, 0.3) is 0 Å². The molecule has 0 aliphatic carbocycles. The molecule has 2 aromatic rings. The van der Waals surface area contributed by atoms with Crippen molar-refractivity contribution >= 4 is 23.4 Å². The van der Waals surface area contributed by atoms with E-state index in [0.29, 0.717) is 24.0 Å². The van der Waals surface area contributed by atoms with Crippen molar-refractivity contribution < 1.29 is 14.1 Å². The summed E-state index contributed by atoms with van der Waals surface area (Å²) in [5, 5.41) is 9.33. The van der Waals surface area contributed by atoms with E-state index in [1.165, 1.54) is 4.90 Å². The number of nitrogens with one attached hydrogen (secondary N) is 2. The molecule has 1 heterocycles. The zero-order chi connectivity index (χ0) is 19.8. The highest BCUT2D eigenvalue weighted by Gasteiger charge is 2.19.